The molecule has 2 unspecified atom stereocenters. The highest BCUT2D eigenvalue weighted by molar-refractivity contribution is 5.22. The smallest absolute Gasteiger partial charge is 0.128 e. The third-order valence-electron chi connectivity index (χ3n) is 2.82. The average molecular weight is 228 g/mol. The summed E-state index contributed by atoms with van der Waals surface area (Å²) in [6.07, 6.45) is 0.817. The van der Waals surface area contributed by atoms with E-state index in [0.717, 1.165) is 18.6 Å². The van der Waals surface area contributed by atoms with E-state index in [4.69, 9.17) is 5.73 Å². The number of rotatable bonds is 5. The zero-order valence-electron chi connectivity index (χ0n) is 9.63. The van der Waals surface area contributed by atoms with Crippen molar-refractivity contribution >= 4 is 0 Å². The highest BCUT2D eigenvalue weighted by Gasteiger charge is 2.20. The fourth-order valence-corrected chi connectivity index (χ4v) is 1.81. The van der Waals surface area contributed by atoms with Crippen molar-refractivity contribution in [2.24, 2.45) is 11.7 Å². The van der Waals surface area contributed by atoms with Gasteiger partial charge in [-0.25, -0.2) is 8.78 Å². The van der Waals surface area contributed by atoms with Crippen molar-refractivity contribution in [3.05, 3.63) is 35.4 Å². The molecule has 1 rings (SSSR count). The third kappa shape index (κ3) is 3.00. The van der Waals surface area contributed by atoms with Crippen LogP contribution in [0, 0.1) is 17.6 Å². The monoisotopic (exact) mass is 228 g/mol. The van der Waals surface area contributed by atoms with Gasteiger partial charge in [-0.15, -0.1) is 0 Å². The highest BCUT2D eigenvalue weighted by atomic mass is 19.1. The summed E-state index contributed by atoms with van der Waals surface area (Å²) in [6, 6.07) is 2.92. The largest absolute Gasteiger partial charge is 0.324 e. The van der Waals surface area contributed by atoms with E-state index in [1.165, 1.54) is 6.07 Å². The quantitative estimate of drug-likeness (QED) is 0.811. The lowest BCUT2D eigenvalue weighted by Gasteiger charge is -2.23. The summed E-state index contributed by atoms with van der Waals surface area (Å²) in [5.74, 6) is -0.795. The summed E-state index contributed by atoms with van der Waals surface area (Å²) in [5.41, 5.74) is 6.21. The van der Waals surface area contributed by atoms with Crippen LogP contribution in [0.3, 0.4) is 0 Å². The summed E-state index contributed by atoms with van der Waals surface area (Å²) < 4.78 is 26.5. The van der Waals surface area contributed by atoms with E-state index < -0.39 is 17.7 Å². The lowest BCUT2D eigenvalue weighted by atomic mass is 9.91. The molecule has 0 heterocycles. The van der Waals surface area contributed by atoms with Crippen LogP contribution in [0.2, 0.25) is 0 Å². The van der Waals surface area contributed by atoms with E-state index in [9.17, 15) is 8.78 Å². The predicted molar refractivity (Wildman–Crippen MR) is 61.0 cm³/mol. The third-order valence-corrected chi connectivity index (χ3v) is 2.82. The van der Waals surface area contributed by atoms with E-state index >= 15 is 0 Å². The molecule has 0 radical (unpaired) electrons. The molecule has 0 aliphatic heterocycles. The summed E-state index contributed by atoms with van der Waals surface area (Å²) in [5, 5.41) is 3.01. The van der Waals surface area contributed by atoms with Gasteiger partial charge in [0.05, 0.1) is 0 Å². The summed E-state index contributed by atoms with van der Waals surface area (Å²) >= 11 is 0. The van der Waals surface area contributed by atoms with Crippen LogP contribution in [-0.4, -0.2) is 13.6 Å². The van der Waals surface area contributed by atoms with E-state index in [1.54, 1.807) is 0 Å². The van der Waals surface area contributed by atoms with Crippen LogP contribution >= 0.6 is 0 Å². The molecule has 0 saturated carbocycles. The van der Waals surface area contributed by atoms with E-state index in [0.29, 0.717) is 6.54 Å². The van der Waals surface area contributed by atoms with Gasteiger partial charge in [-0.05, 0) is 37.7 Å². The molecule has 2 nitrogen and oxygen atoms in total. The molecule has 0 aliphatic rings. The van der Waals surface area contributed by atoms with Gasteiger partial charge >= 0.3 is 0 Å². The molecule has 0 fully saturated rings. The van der Waals surface area contributed by atoms with Crippen molar-refractivity contribution in [3.63, 3.8) is 0 Å². The zero-order valence-corrected chi connectivity index (χ0v) is 9.63. The summed E-state index contributed by atoms with van der Waals surface area (Å²) in [6.45, 7) is 2.67. The number of nitrogens with one attached hydrogen (secondary N) is 1. The van der Waals surface area contributed by atoms with E-state index in [2.05, 4.69) is 5.32 Å². The molecule has 1 aromatic carbocycles. The molecule has 16 heavy (non-hydrogen) atoms. The van der Waals surface area contributed by atoms with Crippen molar-refractivity contribution in [1.29, 1.82) is 0 Å². The molecule has 0 spiro atoms. The Morgan fingerprint density at radius 2 is 2.06 bits per heavy atom. The van der Waals surface area contributed by atoms with Crippen LogP contribution in [0.4, 0.5) is 8.78 Å². The van der Waals surface area contributed by atoms with E-state index in [-0.39, 0.29) is 11.5 Å². The topological polar surface area (TPSA) is 38.0 Å². The molecule has 0 bridgehead atoms. The van der Waals surface area contributed by atoms with Crippen LogP contribution in [0.5, 0.6) is 0 Å². The first-order valence-electron chi connectivity index (χ1n) is 5.45. The Hall–Kier alpha value is -1.00. The van der Waals surface area contributed by atoms with Gasteiger partial charge in [0.15, 0.2) is 0 Å². The SMILES string of the molecule is CCC(CNC)C(N)c1cc(F)ccc1F. The minimum Gasteiger partial charge on any atom is -0.324 e. The summed E-state index contributed by atoms with van der Waals surface area (Å²) in [4.78, 5) is 0. The Labute approximate surface area is 94.8 Å². The molecular weight excluding hydrogens is 210 g/mol. The molecule has 3 N–H and O–H groups in total. The standard InChI is InChI=1S/C12H18F2N2/c1-3-8(7-16-2)12(15)10-6-9(13)4-5-11(10)14/h4-6,8,12,16H,3,7,15H2,1-2H3. The van der Waals surface area contributed by atoms with Crippen molar-refractivity contribution < 1.29 is 8.78 Å². The van der Waals surface area contributed by atoms with Gasteiger partial charge in [0.25, 0.3) is 0 Å². The fraction of sp³-hybridized carbons (Fsp3) is 0.500. The Morgan fingerprint density at radius 1 is 1.38 bits per heavy atom. The molecule has 0 saturated heterocycles. The van der Waals surface area contributed by atoms with Crippen LogP contribution in [-0.2, 0) is 0 Å². The number of hydrogen-bond acceptors (Lipinski definition) is 2. The lowest BCUT2D eigenvalue weighted by molar-refractivity contribution is 0.391. The molecular formula is C12H18F2N2. The minimum atomic E-state index is -0.479. The van der Waals surface area contributed by atoms with Crippen molar-refractivity contribution in [1.82, 2.24) is 5.32 Å². The van der Waals surface area contributed by atoms with Crippen LogP contribution < -0.4 is 11.1 Å². The molecule has 4 heteroatoms. The molecule has 0 aliphatic carbocycles. The van der Waals surface area contributed by atoms with E-state index in [1.807, 2.05) is 14.0 Å². The van der Waals surface area contributed by atoms with Crippen LogP contribution in [0.25, 0.3) is 0 Å². The second-order valence-electron chi connectivity index (χ2n) is 3.92. The van der Waals surface area contributed by atoms with Crippen molar-refractivity contribution in [3.8, 4) is 0 Å². The van der Waals surface area contributed by atoms with Gasteiger partial charge in [-0.1, -0.05) is 13.3 Å². The van der Waals surface area contributed by atoms with Gasteiger partial charge in [0.1, 0.15) is 11.6 Å². The second kappa shape index (κ2) is 5.92. The number of hydrogen-bond donors (Lipinski definition) is 2. The van der Waals surface area contributed by atoms with Gasteiger partial charge in [0.2, 0.25) is 0 Å². The second-order valence-corrected chi connectivity index (χ2v) is 3.92. The lowest BCUT2D eigenvalue weighted by Crippen LogP contribution is -2.30. The first kappa shape index (κ1) is 13.1. The molecule has 90 valence electrons. The van der Waals surface area contributed by atoms with Gasteiger partial charge < -0.3 is 11.1 Å². The fourth-order valence-electron chi connectivity index (χ4n) is 1.81. The zero-order chi connectivity index (χ0) is 12.1. The van der Waals surface area contributed by atoms with Gasteiger partial charge in [-0.3, -0.25) is 0 Å². The van der Waals surface area contributed by atoms with Crippen molar-refractivity contribution in [2.45, 2.75) is 19.4 Å². The van der Waals surface area contributed by atoms with Crippen LogP contribution in [0.15, 0.2) is 18.2 Å². The predicted octanol–water partition coefficient (Wildman–Crippen LogP) is 2.21. The Bertz CT molecular complexity index is 342. The van der Waals surface area contributed by atoms with Crippen molar-refractivity contribution in [2.75, 3.05) is 13.6 Å². The Morgan fingerprint density at radius 3 is 2.62 bits per heavy atom. The number of nitrogens with two attached hydrogens (primary N) is 1. The maximum absolute atomic E-state index is 13.5. The van der Waals surface area contributed by atoms with Gasteiger partial charge in [0, 0.05) is 11.6 Å². The van der Waals surface area contributed by atoms with Gasteiger partial charge in [-0.2, -0.15) is 0 Å². The summed E-state index contributed by atoms with van der Waals surface area (Å²) in [7, 11) is 1.82. The Kier molecular flexibility index (Phi) is 4.83. The first-order valence-corrected chi connectivity index (χ1v) is 5.45. The highest BCUT2D eigenvalue weighted by Crippen LogP contribution is 2.24. The number of benzene rings is 1. The minimum absolute atomic E-state index is 0.0984. The maximum atomic E-state index is 13.5. The first-order chi connectivity index (χ1) is 7.60. The molecule has 1 aromatic rings. The molecule has 0 aromatic heterocycles. The normalized spacial score (nSPS) is 14.8. The average Bonchev–Trinajstić information content (AvgIpc) is 2.28. The van der Waals surface area contributed by atoms with Crippen LogP contribution in [0.1, 0.15) is 24.9 Å². The Balaban J connectivity index is 2.93. The molecule has 2 atom stereocenters. The maximum Gasteiger partial charge on any atom is 0.128 e. The molecule has 0 amide bonds. The number of halogens is 2.